The van der Waals surface area contributed by atoms with Gasteiger partial charge in [-0.15, -0.1) is 0 Å². The average Bonchev–Trinajstić information content (AvgIpc) is 4.02. The molecule has 0 N–H and O–H groups in total. The fraction of sp³-hybridized carbons (Fsp3) is 0.0556. The third kappa shape index (κ3) is 8.27. The highest BCUT2D eigenvalue weighted by Crippen LogP contribution is 2.52. The van der Waals surface area contributed by atoms with Crippen molar-refractivity contribution in [2.45, 2.75) is 34.6 Å². The lowest BCUT2D eigenvalue weighted by atomic mass is 9.84. The van der Waals surface area contributed by atoms with Gasteiger partial charge in [-0.2, -0.15) is 0 Å². The standard InChI is InChI=1S/C72H52N2S/c1-5-17-49(18-6-1)51-33-39-58(40-34-51)73-68-28-16-15-27-63(68)64-45-56(37-43-69(64)73)53-29-31-54(32-30-53)57-38-44-70-65(46-57)66-48-72(75-60-23-11-4-12-24-60)67(62-26-14-13-25-61(62)55-21-9-3-10-22-55)47-71(66)74(70)59-41-35-52(36-42-59)50-19-7-2-8-20-50/h1-39,41-44,46-48,58,64H,40,45H2. The van der Waals surface area contributed by atoms with Gasteiger partial charge in [0.15, 0.2) is 0 Å². The second-order valence-corrected chi connectivity index (χ2v) is 21.0. The first kappa shape index (κ1) is 44.8. The Kier molecular flexibility index (Phi) is 11.5. The molecule has 0 fully saturated rings. The summed E-state index contributed by atoms with van der Waals surface area (Å²) in [7, 11) is 0. The van der Waals surface area contributed by atoms with Gasteiger partial charge in [-0.1, -0.05) is 230 Å². The molecule has 3 heteroatoms. The number of para-hydroxylation sites is 1. The van der Waals surface area contributed by atoms with Crippen molar-refractivity contribution in [1.29, 1.82) is 0 Å². The molecule has 0 amide bonds. The predicted molar refractivity (Wildman–Crippen MR) is 317 cm³/mol. The van der Waals surface area contributed by atoms with Crippen LogP contribution in [-0.2, 0) is 0 Å². The van der Waals surface area contributed by atoms with E-state index in [1.54, 1.807) is 0 Å². The third-order valence-electron chi connectivity index (χ3n) is 15.6. The number of anilines is 1. The Labute approximate surface area is 443 Å². The van der Waals surface area contributed by atoms with E-state index in [9.17, 15) is 0 Å². The van der Waals surface area contributed by atoms with Crippen LogP contribution in [0.2, 0.25) is 0 Å². The van der Waals surface area contributed by atoms with E-state index in [0.717, 1.165) is 18.5 Å². The molecule has 0 spiro atoms. The zero-order valence-electron chi connectivity index (χ0n) is 41.4. The molecule has 75 heavy (non-hydrogen) atoms. The first-order valence-corrected chi connectivity index (χ1v) is 27.0. The van der Waals surface area contributed by atoms with E-state index in [4.69, 9.17) is 0 Å². The fourth-order valence-electron chi connectivity index (χ4n) is 11.9. The highest BCUT2D eigenvalue weighted by atomic mass is 32.2. The minimum atomic E-state index is 0.281. The van der Waals surface area contributed by atoms with Gasteiger partial charge in [0.25, 0.3) is 0 Å². The van der Waals surface area contributed by atoms with E-state index in [-0.39, 0.29) is 6.04 Å². The molecule has 2 nitrogen and oxygen atoms in total. The molecule has 356 valence electrons. The summed E-state index contributed by atoms with van der Waals surface area (Å²) in [5.41, 5.74) is 22.6. The quantitative estimate of drug-likeness (QED) is 0.135. The zero-order chi connectivity index (χ0) is 49.7. The lowest BCUT2D eigenvalue weighted by Crippen LogP contribution is -2.32. The minimum absolute atomic E-state index is 0.281. The summed E-state index contributed by atoms with van der Waals surface area (Å²) in [4.78, 5) is 5.04. The van der Waals surface area contributed by atoms with Gasteiger partial charge in [-0.25, -0.2) is 0 Å². The molecule has 0 saturated heterocycles. The van der Waals surface area contributed by atoms with Gasteiger partial charge in [-0.3, -0.25) is 0 Å². The second-order valence-electron chi connectivity index (χ2n) is 19.9. The van der Waals surface area contributed by atoms with Crippen molar-refractivity contribution >= 4 is 50.4 Å². The highest BCUT2D eigenvalue weighted by Gasteiger charge is 2.38. The monoisotopic (exact) mass is 976 g/mol. The number of allylic oxidation sites excluding steroid dienone is 6. The summed E-state index contributed by atoms with van der Waals surface area (Å²) in [5, 5.41) is 2.46. The van der Waals surface area contributed by atoms with Crippen molar-refractivity contribution in [3.8, 4) is 50.2 Å². The summed E-state index contributed by atoms with van der Waals surface area (Å²) in [6.45, 7) is 0. The Hall–Kier alpha value is -8.89. The molecule has 0 saturated carbocycles. The number of rotatable bonds is 10. The lowest BCUT2D eigenvalue weighted by molar-refractivity contribution is 0.723. The van der Waals surface area contributed by atoms with Crippen LogP contribution in [0.3, 0.4) is 0 Å². The first-order valence-electron chi connectivity index (χ1n) is 26.2. The highest BCUT2D eigenvalue weighted by molar-refractivity contribution is 7.99. The zero-order valence-corrected chi connectivity index (χ0v) is 42.2. The molecule has 1 aliphatic heterocycles. The van der Waals surface area contributed by atoms with Crippen molar-refractivity contribution in [2.75, 3.05) is 4.90 Å². The van der Waals surface area contributed by atoms with Gasteiger partial charge in [0.05, 0.1) is 17.1 Å². The number of hydrogen-bond donors (Lipinski definition) is 0. The Morgan fingerprint density at radius 2 is 1.01 bits per heavy atom. The summed E-state index contributed by atoms with van der Waals surface area (Å²) in [5.74, 6) is 0.320. The molecule has 10 aromatic carbocycles. The lowest BCUT2D eigenvalue weighted by Gasteiger charge is -2.33. The molecule has 2 aliphatic carbocycles. The molecule has 1 aromatic heterocycles. The van der Waals surface area contributed by atoms with Crippen LogP contribution in [0.5, 0.6) is 0 Å². The Morgan fingerprint density at radius 3 is 1.75 bits per heavy atom. The van der Waals surface area contributed by atoms with Crippen molar-refractivity contribution in [2.24, 2.45) is 0 Å². The van der Waals surface area contributed by atoms with E-state index in [1.807, 2.05) is 11.8 Å². The predicted octanol–water partition coefficient (Wildman–Crippen LogP) is 19.3. The van der Waals surface area contributed by atoms with Gasteiger partial charge < -0.3 is 9.47 Å². The van der Waals surface area contributed by atoms with E-state index >= 15 is 0 Å². The molecule has 3 aliphatic rings. The van der Waals surface area contributed by atoms with Gasteiger partial charge in [0, 0.05) is 43.6 Å². The molecule has 2 heterocycles. The average molecular weight is 977 g/mol. The molecular weight excluding hydrogens is 925 g/mol. The summed E-state index contributed by atoms with van der Waals surface area (Å²) >= 11 is 1.84. The number of hydrogen-bond acceptors (Lipinski definition) is 2. The van der Waals surface area contributed by atoms with E-state index in [0.29, 0.717) is 5.92 Å². The summed E-state index contributed by atoms with van der Waals surface area (Å²) in [6.07, 6.45) is 13.9. The van der Waals surface area contributed by atoms with Crippen LogP contribution in [-0.4, -0.2) is 10.6 Å². The normalized spacial score (nSPS) is 15.8. The van der Waals surface area contributed by atoms with Gasteiger partial charge in [0.2, 0.25) is 0 Å². The van der Waals surface area contributed by atoms with Crippen LogP contribution in [0.1, 0.15) is 35.4 Å². The van der Waals surface area contributed by atoms with Crippen molar-refractivity contribution in [3.05, 3.63) is 301 Å². The molecule has 0 radical (unpaired) electrons. The van der Waals surface area contributed by atoms with Crippen molar-refractivity contribution < 1.29 is 0 Å². The molecule has 2 unspecified atom stereocenters. The number of aromatic nitrogens is 1. The topological polar surface area (TPSA) is 8.17 Å². The van der Waals surface area contributed by atoms with E-state index < -0.39 is 0 Å². The van der Waals surface area contributed by atoms with Gasteiger partial charge in [-0.05, 0) is 146 Å². The summed E-state index contributed by atoms with van der Waals surface area (Å²) < 4.78 is 2.47. The Morgan fingerprint density at radius 1 is 0.427 bits per heavy atom. The van der Waals surface area contributed by atoms with Crippen LogP contribution in [0, 0.1) is 0 Å². The molecule has 2 atom stereocenters. The van der Waals surface area contributed by atoms with Crippen LogP contribution >= 0.6 is 11.8 Å². The molecular formula is C72H52N2S. The van der Waals surface area contributed by atoms with E-state index in [1.165, 1.54) is 115 Å². The fourth-order valence-corrected chi connectivity index (χ4v) is 12.9. The van der Waals surface area contributed by atoms with Crippen LogP contribution in [0.4, 0.5) is 5.69 Å². The Balaban J connectivity index is 0.850. The largest absolute Gasteiger partial charge is 0.337 e. The number of benzene rings is 10. The molecule has 11 aromatic rings. The van der Waals surface area contributed by atoms with Crippen molar-refractivity contribution in [1.82, 2.24) is 4.57 Å². The van der Waals surface area contributed by atoms with Crippen molar-refractivity contribution in [3.63, 3.8) is 0 Å². The van der Waals surface area contributed by atoms with Crippen LogP contribution in [0.25, 0.3) is 83.1 Å². The maximum Gasteiger partial charge on any atom is 0.0557 e. The maximum absolute atomic E-state index is 2.60. The number of nitrogens with zero attached hydrogens (tertiary/aromatic N) is 2. The number of fused-ring (bicyclic) bond motifs is 6. The Bertz CT molecular complexity index is 4050. The third-order valence-corrected chi connectivity index (χ3v) is 16.6. The SMILES string of the molecule is C1=CC(N2C3=CC=C(c4ccc(-c5ccc6c(c5)c5cc(Sc7ccccc7)c(-c7ccccc7-c7ccccc7)cc5n6-c5ccc(-c6ccccc6)cc5)cc4)CC3c3ccccc32)CC=C1c1ccccc1. The minimum Gasteiger partial charge on any atom is -0.337 e. The van der Waals surface area contributed by atoms with Gasteiger partial charge >= 0.3 is 0 Å². The maximum atomic E-state index is 2.60. The molecule has 0 bridgehead atoms. The van der Waals surface area contributed by atoms with Crippen LogP contribution < -0.4 is 4.90 Å². The van der Waals surface area contributed by atoms with Crippen LogP contribution in [0.15, 0.2) is 295 Å². The molecule has 14 rings (SSSR count). The van der Waals surface area contributed by atoms with Gasteiger partial charge in [0.1, 0.15) is 0 Å². The smallest absolute Gasteiger partial charge is 0.0557 e. The van der Waals surface area contributed by atoms with E-state index in [2.05, 4.69) is 289 Å². The summed E-state index contributed by atoms with van der Waals surface area (Å²) in [6, 6.07) is 91.6. The first-order chi connectivity index (χ1) is 37.2. The second kappa shape index (κ2) is 19.2.